The van der Waals surface area contributed by atoms with Crippen LogP contribution in [0.3, 0.4) is 0 Å². The molecule has 3 heterocycles. The Bertz CT molecular complexity index is 994. The molecule has 0 aliphatic carbocycles. The van der Waals surface area contributed by atoms with Gasteiger partial charge in [0.15, 0.2) is 11.5 Å². The monoisotopic (exact) mass is 388 g/mol. The van der Waals surface area contributed by atoms with Crippen LogP contribution in [0.2, 0.25) is 0 Å². The van der Waals surface area contributed by atoms with Gasteiger partial charge in [-0.2, -0.15) is 4.98 Å². The van der Waals surface area contributed by atoms with Gasteiger partial charge in [0.25, 0.3) is 11.8 Å². The number of rotatable bonds is 4. The number of piperidine rings is 1. The highest BCUT2D eigenvalue weighted by atomic mass is 19.1. The predicted molar refractivity (Wildman–Crippen MR) is 93.2 cm³/mol. The van der Waals surface area contributed by atoms with Gasteiger partial charge < -0.3 is 9.42 Å². The molecule has 10 heteroatoms. The van der Waals surface area contributed by atoms with Crippen molar-refractivity contribution < 1.29 is 18.1 Å². The summed E-state index contributed by atoms with van der Waals surface area (Å²) in [6.45, 7) is 2.75. The summed E-state index contributed by atoms with van der Waals surface area (Å²) in [5, 5.41) is 12.0. The van der Waals surface area contributed by atoms with Crippen molar-refractivity contribution in [2.24, 2.45) is 0 Å². The Kier molecular flexibility index (Phi) is 4.84. The SMILES string of the molecule is CCc1noc(-c2cn(C3CCN(C(=O)c4cc(F)ccc4F)CC3)nn2)n1. The normalized spacial score (nSPS) is 15.2. The van der Waals surface area contributed by atoms with Crippen LogP contribution in [-0.2, 0) is 6.42 Å². The highest BCUT2D eigenvalue weighted by molar-refractivity contribution is 5.94. The molecule has 1 aliphatic rings. The van der Waals surface area contributed by atoms with E-state index >= 15 is 0 Å². The lowest BCUT2D eigenvalue weighted by Gasteiger charge is -2.32. The number of benzene rings is 1. The minimum Gasteiger partial charge on any atom is -0.338 e. The third kappa shape index (κ3) is 3.49. The zero-order valence-corrected chi connectivity index (χ0v) is 15.2. The molecule has 0 spiro atoms. The van der Waals surface area contributed by atoms with Crippen molar-refractivity contribution in [3.63, 3.8) is 0 Å². The van der Waals surface area contributed by atoms with Crippen LogP contribution >= 0.6 is 0 Å². The van der Waals surface area contributed by atoms with Gasteiger partial charge in [0.2, 0.25) is 0 Å². The van der Waals surface area contributed by atoms with Crippen LogP contribution in [-0.4, -0.2) is 49.0 Å². The molecule has 8 nitrogen and oxygen atoms in total. The summed E-state index contributed by atoms with van der Waals surface area (Å²) in [4.78, 5) is 18.2. The van der Waals surface area contributed by atoms with Gasteiger partial charge in [-0.25, -0.2) is 13.5 Å². The quantitative estimate of drug-likeness (QED) is 0.683. The van der Waals surface area contributed by atoms with Gasteiger partial charge >= 0.3 is 0 Å². The van der Waals surface area contributed by atoms with Crippen LogP contribution in [0.25, 0.3) is 11.6 Å². The molecule has 3 aromatic rings. The summed E-state index contributed by atoms with van der Waals surface area (Å²) < 4.78 is 34.1. The molecule has 2 aromatic heterocycles. The topological polar surface area (TPSA) is 89.9 Å². The fraction of sp³-hybridized carbons (Fsp3) is 0.389. The molecular weight excluding hydrogens is 370 g/mol. The van der Waals surface area contributed by atoms with E-state index in [0.29, 0.717) is 49.8 Å². The molecule has 0 bridgehead atoms. The summed E-state index contributed by atoms with van der Waals surface area (Å²) in [5.41, 5.74) is 0.247. The maximum atomic E-state index is 13.9. The lowest BCUT2D eigenvalue weighted by molar-refractivity contribution is 0.0684. The van der Waals surface area contributed by atoms with Gasteiger partial charge in [-0.1, -0.05) is 17.3 Å². The first kappa shape index (κ1) is 18.2. The molecule has 0 unspecified atom stereocenters. The number of carbonyl (C=O) groups excluding carboxylic acids is 1. The van der Waals surface area contributed by atoms with Crippen molar-refractivity contribution in [1.29, 1.82) is 0 Å². The van der Waals surface area contributed by atoms with Crippen molar-refractivity contribution in [3.8, 4) is 11.6 Å². The average Bonchev–Trinajstić information content (AvgIpc) is 3.38. The number of amides is 1. The minimum atomic E-state index is -0.722. The molecule has 0 radical (unpaired) electrons. The lowest BCUT2D eigenvalue weighted by Crippen LogP contribution is -2.39. The van der Waals surface area contributed by atoms with Crippen LogP contribution < -0.4 is 0 Å². The molecule has 0 atom stereocenters. The second-order valence-corrected chi connectivity index (χ2v) is 6.60. The van der Waals surface area contributed by atoms with Crippen molar-refractivity contribution in [2.45, 2.75) is 32.2 Å². The first-order valence-electron chi connectivity index (χ1n) is 9.04. The molecule has 1 aromatic carbocycles. The van der Waals surface area contributed by atoms with E-state index in [2.05, 4.69) is 20.5 Å². The molecule has 28 heavy (non-hydrogen) atoms. The highest BCUT2D eigenvalue weighted by Gasteiger charge is 2.27. The van der Waals surface area contributed by atoms with Gasteiger partial charge in [-0.15, -0.1) is 5.10 Å². The van der Waals surface area contributed by atoms with Crippen molar-refractivity contribution >= 4 is 5.91 Å². The van der Waals surface area contributed by atoms with Crippen molar-refractivity contribution in [3.05, 3.63) is 47.4 Å². The highest BCUT2D eigenvalue weighted by Crippen LogP contribution is 2.25. The standard InChI is InChI=1S/C18H18F2N6O2/c1-2-16-21-17(28-23-16)15-10-26(24-22-15)12-5-7-25(8-6-12)18(27)13-9-11(19)3-4-14(13)20/h3-4,9-10,12H,2,5-8H2,1H3. The second kappa shape index (κ2) is 7.45. The Labute approximate surface area is 159 Å². The molecule has 4 rings (SSSR count). The van der Waals surface area contributed by atoms with Gasteiger partial charge in [0, 0.05) is 19.5 Å². The third-order valence-corrected chi connectivity index (χ3v) is 4.80. The summed E-state index contributed by atoms with van der Waals surface area (Å²) in [6.07, 6.45) is 3.64. The maximum absolute atomic E-state index is 13.9. The van der Waals surface area contributed by atoms with E-state index < -0.39 is 17.5 Å². The van der Waals surface area contributed by atoms with Gasteiger partial charge in [-0.3, -0.25) is 4.79 Å². The van der Waals surface area contributed by atoms with Crippen LogP contribution in [0.1, 0.15) is 42.0 Å². The molecule has 1 fully saturated rings. The molecular formula is C18H18F2N6O2. The van der Waals surface area contributed by atoms with Gasteiger partial charge in [-0.05, 0) is 31.0 Å². The number of aryl methyl sites for hydroxylation is 1. The van der Waals surface area contributed by atoms with E-state index in [0.717, 1.165) is 18.2 Å². The zero-order chi connectivity index (χ0) is 19.7. The Balaban J connectivity index is 1.42. The zero-order valence-electron chi connectivity index (χ0n) is 15.2. The fourth-order valence-corrected chi connectivity index (χ4v) is 3.22. The number of nitrogens with zero attached hydrogens (tertiary/aromatic N) is 6. The molecule has 146 valence electrons. The van der Waals surface area contributed by atoms with Crippen LogP contribution in [0.5, 0.6) is 0 Å². The van der Waals surface area contributed by atoms with Gasteiger partial charge in [0.05, 0.1) is 17.8 Å². The Morgan fingerprint density at radius 1 is 1.29 bits per heavy atom. The van der Waals surface area contributed by atoms with Crippen molar-refractivity contribution in [2.75, 3.05) is 13.1 Å². The van der Waals surface area contributed by atoms with Crippen molar-refractivity contribution in [1.82, 2.24) is 30.0 Å². The Morgan fingerprint density at radius 3 is 2.79 bits per heavy atom. The summed E-state index contributed by atoms with van der Waals surface area (Å²) in [5.74, 6) is -0.951. The molecule has 1 amide bonds. The number of aromatic nitrogens is 5. The maximum Gasteiger partial charge on any atom is 0.280 e. The summed E-state index contributed by atoms with van der Waals surface area (Å²) in [6, 6.07) is 2.93. The predicted octanol–water partition coefficient (Wildman–Crippen LogP) is 2.65. The van der Waals surface area contributed by atoms with E-state index in [9.17, 15) is 13.6 Å². The minimum absolute atomic E-state index is 0.0382. The number of hydrogen-bond donors (Lipinski definition) is 0. The molecule has 1 saturated heterocycles. The second-order valence-electron chi connectivity index (χ2n) is 6.60. The molecule has 1 aliphatic heterocycles. The first-order valence-corrected chi connectivity index (χ1v) is 9.04. The molecule has 0 saturated carbocycles. The largest absolute Gasteiger partial charge is 0.338 e. The van der Waals surface area contributed by atoms with E-state index in [1.807, 2.05) is 6.92 Å². The first-order chi connectivity index (χ1) is 13.5. The Hall–Kier alpha value is -3.17. The van der Waals surface area contributed by atoms with E-state index in [1.165, 1.54) is 4.90 Å². The summed E-state index contributed by atoms with van der Waals surface area (Å²) in [7, 11) is 0. The van der Waals surface area contributed by atoms with E-state index in [4.69, 9.17) is 4.52 Å². The van der Waals surface area contributed by atoms with E-state index in [1.54, 1.807) is 10.9 Å². The fourth-order valence-electron chi connectivity index (χ4n) is 3.22. The van der Waals surface area contributed by atoms with Crippen LogP contribution in [0, 0.1) is 11.6 Å². The lowest BCUT2D eigenvalue weighted by atomic mass is 10.0. The Morgan fingerprint density at radius 2 is 2.07 bits per heavy atom. The molecule has 0 N–H and O–H groups in total. The van der Waals surface area contributed by atoms with Gasteiger partial charge in [0.1, 0.15) is 11.6 Å². The van der Waals surface area contributed by atoms with Crippen LogP contribution in [0.4, 0.5) is 8.78 Å². The number of halogens is 2. The summed E-state index contributed by atoms with van der Waals surface area (Å²) >= 11 is 0. The van der Waals surface area contributed by atoms with Crippen LogP contribution in [0.15, 0.2) is 28.9 Å². The smallest absolute Gasteiger partial charge is 0.280 e. The third-order valence-electron chi connectivity index (χ3n) is 4.80. The van der Waals surface area contributed by atoms with E-state index in [-0.39, 0.29) is 11.6 Å². The number of hydrogen-bond acceptors (Lipinski definition) is 6. The number of likely N-dealkylation sites (tertiary alicyclic amines) is 1. The number of carbonyl (C=O) groups is 1. The average molecular weight is 388 g/mol.